The average Bonchev–Trinajstić information content (AvgIpc) is 2.66. The summed E-state index contributed by atoms with van der Waals surface area (Å²) in [5, 5.41) is 1.06. The Morgan fingerprint density at radius 2 is 2.31 bits per heavy atom. The summed E-state index contributed by atoms with van der Waals surface area (Å²) < 4.78 is 13.2. The zero-order chi connectivity index (χ0) is 11.1. The standard InChI is InChI=1S/C14H15FN/c1-2-9-3-5-13-11(7-9)12-8-10(15)4-6-14(12)16-13/h4,6,8-9,16H,1-3,5,7H2/t9-/m0/s1. The van der Waals surface area contributed by atoms with Crippen molar-refractivity contribution in [3.8, 4) is 0 Å². The maximum absolute atomic E-state index is 13.2. The Kier molecular flexibility index (Phi) is 2.23. The van der Waals surface area contributed by atoms with E-state index in [1.165, 1.54) is 23.7 Å². The highest BCUT2D eigenvalue weighted by Crippen LogP contribution is 2.33. The van der Waals surface area contributed by atoms with E-state index in [4.69, 9.17) is 0 Å². The second-order valence-corrected chi connectivity index (χ2v) is 4.67. The number of aromatic amines is 1. The topological polar surface area (TPSA) is 15.8 Å². The summed E-state index contributed by atoms with van der Waals surface area (Å²) >= 11 is 0. The SMILES string of the molecule is [CH2]C[C@H]1CCc2[nH]c3ccc(F)cc3c2C1. The highest BCUT2D eigenvalue weighted by Gasteiger charge is 2.21. The minimum absolute atomic E-state index is 0.147. The molecule has 1 aliphatic rings. The van der Waals surface area contributed by atoms with E-state index in [0.29, 0.717) is 5.92 Å². The van der Waals surface area contributed by atoms with Gasteiger partial charge < -0.3 is 4.98 Å². The van der Waals surface area contributed by atoms with Crippen LogP contribution in [-0.2, 0) is 12.8 Å². The quantitative estimate of drug-likeness (QED) is 0.749. The summed E-state index contributed by atoms with van der Waals surface area (Å²) in [5.74, 6) is 0.515. The third-order valence-corrected chi connectivity index (χ3v) is 3.66. The van der Waals surface area contributed by atoms with E-state index in [1.807, 2.05) is 6.07 Å². The number of hydrogen-bond donors (Lipinski definition) is 1. The first kappa shape index (κ1) is 9.88. The number of aromatic nitrogens is 1. The molecular formula is C14H15FN. The van der Waals surface area contributed by atoms with E-state index in [-0.39, 0.29) is 5.82 Å². The fourth-order valence-corrected chi connectivity index (χ4v) is 2.71. The molecule has 1 atom stereocenters. The maximum atomic E-state index is 13.2. The Bertz CT molecular complexity index is 527. The summed E-state index contributed by atoms with van der Waals surface area (Å²) in [6.45, 7) is 3.98. The molecule has 1 N–H and O–H groups in total. The van der Waals surface area contributed by atoms with Crippen LogP contribution in [0.3, 0.4) is 0 Å². The maximum Gasteiger partial charge on any atom is 0.123 e. The van der Waals surface area contributed by atoms with Crippen LogP contribution >= 0.6 is 0 Å². The summed E-state index contributed by atoms with van der Waals surface area (Å²) in [5.41, 5.74) is 3.68. The Morgan fingerprint density at radius 1 is 1.44 bits per heavy atom. The lowest BCUT2D eigenvalue weighted by Crippen LogP contribution is -2.12. The number of nitrogens with one attached hydrogen (secondary N) is 1. The van der Waals surface area contributed by atoms with Crippen LogP contribution in [0.25, 0.3) is 10.9 Å². The van der Waals surface area contributed by atoms with Crippen molar-refractivity contribution in [3.63, 3.8) is 0 Å². The van der Waals surface area contributed by atoms with Crippen molar-refractivity contribution in [1.82, 2.24) is 4.98 Å². The van der Waals surface area contributed by atoms with Crippen molar-refractivity contribution in [2.24, 2.45) is 5.92 Å². The van der Waals surface area contributed by atoms with Gasteiger partial charge in [-0.3, -0.25) is 0 Å². The highest BCUT2D eigenvalue weighted by atomic mass is 19.1. The molecule has 0 saturated carbocycles. The lowest BCUT2D eigenvalue weighted by molar-refractivity contribution is 0.461. The van der Waals surface area contributed by atoms with Crippen molar-refractivity contribution in [2.45, 2.75) is 25.7 Å². The van der Waals surface area contributed by atoms with Gasteiger partial charge in [-0.2, -0.15) is 0 Å². The molecule has 1 heterocycles. The summed E-state index contributed by atoms with van der Waals surface area (Å²) in [6, 6.07) is 5.00. The van der Waals surface area contributed by atoms with E-state index in [9.17, 15) is 4.39 Å². The molecule has 0 saturated heterocycles. The van der Waals surface area contributed by atoms with Gasteiger partial charge in [-0.1, -0.05) is 13.3 Å². The average molecular weight is 216 g/mol. The fraction of sp³-hybridized carbons (Fsp3) is 0.357. The van der Waals surface area contributed by atoms with Crippen LogP contribution in [0.2, 0.25) is 0 Å². The molecular weight excluding hydrogens is 201 g/mol. The van der Waals surface area contributed by atoms with E-state index < -0.39 is 0 Å². The fourth-order valence-electron chi connectivity index (χ4n) is 2.71. The van der Waals surface area contributed by atoms with Gasteiger partial charge in [0.05, 0.1) is 0 Å². The molecule has 0 spiro atoms. The van der Waals surface area contributed by atoms with Gasteiger partial charge in [-0.15, -0.1) is 0 Å². The second-order valence-electron chi connectivity index (χ2n) is 4.67. The number of halogens is 1. The molecule has 1 aliphatic carbocycles. The van der Waals surface area contributed by atoms with Gasteiger partial charge in [-0.25, -0.2) is 4.39 Å². The molecule has 3 rings (SSSR count). The van der Waals surface area contributed by atoms with E-state index >= 15 is 0 Å². The van der Waals surface area contributed by atoms with Crippen LogP contribution in [0.1, 0.15) is 24.1 Å². The Labute approximate surface area is 94.7 Å². The molecule has 2 heteroatoms. The van der Waals surface area contributed by atoms with E-state index in [1.54, 1.807) is 6.07 Å². The number of H-pyrrole nitrogens is 1. The number of benzene rings is 1. The van der Waals surface area contributed by atoms with Crippen molar-refractivity contribution in [3.05, 3.63) is 42.2 Å². The van der Waals surface area contributed by atoms with Gasteiger partial charge in [0.1, 0.15) is 5.82 Å². The predicted octanol–water partition coefficient (Wildman–Crippen LogP) is 3.64. The summed E-state index contributed by atoms with van der Waals surface area (Å²) in [6.07, 6.45) is 4.29. The van der Waals surface area contributed by atoms with Gasteiger partial charge in [-0.05, 0) is 48.9 Å². The first-order chi connectivity index (χ1) is 7.78. The van der Waals surface area contributed by atoms with E-state index in [2.05, 4.69) is 11.9 Å². The monoisotopic (exact) mass is 216 g/mol. The third-order valence-electron chi connectivity index (χ3n) is 3.66. The number of hydrogen-bond acceptors (Lipinski definition) is 0. The molecule has 1 aromatic carbocycles. The highest BCUT2D eigenvalue weighted by molar-refractivity contribution is 5.85. The first-order valence-electron chi connectivity index (χ1n) is 5.86. The van der Waals surface area contributed by atoms with Gasteiger partial charge in [0, 0.05) is 16.6 Å². The predicted molar refractivity (Wildman–Crippen MR) is 63.7 cm³/mol. The first-order valence-corrected chi connectivity index (χ1v) is 5.86. The van der Waals surface area contributed by atoms with Crippen molar-refractivity contribution < 1.29 is 4.39 Å². The van der Waals surface area contributed by atoms with Crippen molar-refractivity contribution >= 4 is 10.9 Å². The smallest absolute Gasteiger partial charge is 0.123 e. The molecule has 0 amide bonds. The molecule has 2 aromatic rings. The summed E-state index contributed by atoms with van der Waals surface area (Å²) in [4.78, 5) is 3.40. The van der Waals surface area contributed by atoms with Crippen LogP contribution in [0, 0.1) is 18.7 Å². The summed E-state index contributed by atoms with van der Waals surface area (Å²) in [7, 11) is 0. The number of rotatable bonds is 1. The Balaban J connectivity index is 2.15. The van der Waals surface area contributed by atoms with Gasteiger partial charge in [0.25, 0.3) is 0 Å². The van der Waals surface area contributed by atoms with Gasteiger partial charge in [0.2, 0.25) is 0 Å². The molecule has 0 aliphatic heterocycles. The normalized spacial score (nSPS) is 20.0. The molecule has 1 radical (unpaired) electrons. The molecule has 1 aromatic heterocycles. The Morgan fingerprint density at radius 3 is 3.12 bits per heavy atom. The molecule has 0 fully saturated rings. The van der Waals surface area contributed by atoms with Crippen LogP contribution in [0.5, 0.6) is 0 Å². The largest absolute Gasteiger partial charge is 0.358 e. The molecule has 16 heavy (non-hydrogen) atoms. The van der Waals surface area contributed by atoms with Crippen LogP contribution in [-0.4, -0.2) is 4.98 Å². The zero-order valence-corrected chi connectivity index (χ0v) is 9.22. The molecule has 1 nitrogen and oxygen atoms in total. The van der Waals surface area contributed by atoms with Crippen molar-refractivity contribution in [2.75, 3.05) is 0 Å². The third kappa shape index (κ3) is 1.44. The van der Waals surface area contributed by atoms with Gasteiger partial charge >= 0.3 is 0 Å². The van der Waals surface area contributed by atoms with Crippen LogP contribution in [0.4, 0.5) is 4.39 Å². The van der Waals surface area contributed by atoms with Crippen molar-refractivity contribution in [1.29, 1.82) is 0 Å². The minimum Gasteiger partial charge on any atom is -0.358 e. The van der Waals surface area contributed by atoms with Gasteiger partial charge in [0.15, 0.2) is 0 Å². The number of fused-ring (bicyclic) bond motifs is 3. The van der Waals surface area contributed by atoms with E-state index in [0.717, 1.165) is 30.2 Å². The lowest BCUT2D eigenvalue weighted by atomic mass is 9.85. The van der Waals surface area contributed by atoms with Crippen LogP contribution < -0.4 is 0 Å². The molecule has 0 unspecified atom stereocenters. The van der Waals surface area contributed by atoms with Crippen LogP contribution in [0.15, 0.2) is 18.2 Å². The number of aryl methyl sites for hydroxylation is 1. The minimum atomic E-state index is -0.147. The zero-order valence-electron chi connectivity index (χ0n) is 9.22. The lowest BCUT2D eigenvalue weighted by Gasteiger charge is -2.20. The molecule has 0 bridgehead atoms. The molecule has 83 valence electrons. The second kappa shape index (κ2) is 3.62. The Hall–Kier alpha value is -1.31.